The second-order valence-electron chi connectivity index (χ2n) is 4.32. The zero-order valence-corrected chi connectivity index (χ0v) is 12.4. The Morgan fingerprint density at radius 2 is 2.05 bits per heavy atom. The molecular weight excluding hydrogens is 276 g/mol. The molecule has 0 bridgehead atoms. The van der Waals surface area contributed by atoms with Gasteiger partial charge < -0.3 is 10.6 Å². The van der Waals surface area contributed by atoms with Crippen LogP contribution in [0.1, 0.15) is 12.0 Å². The number of hydrogen-bond donors (Lipinski definition) is 2. The molecule has 1 aromatic carbocycles. The summed E-state index contributed by atoms with van der Waals surface area (Å²) in [5, 5.41) is 10.1. The smallest absolute Gasteiger partial charge is 0.226 e. The minimum Gasteiger partial charge on any atom is -0.319 e. The maximum Gasteiger partial charge on any atom is 0.226 e. The number of aryl methyl sites for hydroxylation is 1. The summed E-state index contributed by atoms with van der Waals surface area (Å²) in [6.45, 7) is 2.67. The van der Waals surface area contributed by atoms with Crippen molar-refractivity contribution in [2.24, 2.45) is 0 Å². The fourth-order valence-corrected chi connectivity index (χ4v) is 1.83. The summed E-state index contributed by atoms with van der Waals surface area (Å²) in [4.78, 5) is 11.7. The first-order valence-electron chi connectivity index (χ1n) is 6.27. The van der Waals surface area contributed by atoms with E-state index in [4.69, 9.17) is 0 Å². The van der Waals surface area contributed by atoms with E-state index in [1.54, 1.807) is 16.9 Å². The van der Waals surface area contributed by atoms with Gasteiger partial charge in [-0.15, -0.1) is 12.4 Å². The number of rotatable bonds is 5. The van der Waals surface area contributed by atoms with Gasteiger partial charge in [-0.2, -0.15) is 5.10 Å². The Labute approximate surface area is 124 Å². The molecule has 5 nitrogen and oxygen atoms in total. The molecule has 0 saturated heterocycles. The molecule has 1 aromatic heterocycles. The molecule has 0 fully saturated rings. The van der Waals surface area contributed by atoms with Gasteiger partial charge in [-0.05, 0) is 25.6 Å². The summed E-state index contributed by atoms with van der Waals surface area (Å²) in [7, 11) is 1.82. The first kappa shape index (κ1) is 16.2. The van der Waals surface area contributed by atoms with Crippen LogP contribution in [-0.2, 0) is 4.79 Å². The highest BCUT2D eigenvalue weighted by molar-refractivity contribution is 5.90. The lowest BCUT2D eigenvalue weighted by Gasteiger charge is -2.11. The van der Waals surface area contributed by atoms with Gasteiger partial charge in [0.05, 0.1) is 11.9 Å². The molecule has 1 amide bonds. The number of halogens is 1. The fourth-order valence-electron chi connectivity index (χ4n) is 1.83. The Morgan fingerprint density at radius 3 is 2.75 bits per heavy atom. The number of hydrogen-bond acceptors (Lipinski definition) is 3. The molecule has 0 aliphatic rings. The van der Waals surface area contributed by atoms with E-state index >= 15 is 0 Å². The second kappa shape index (κ2) is 7.67. The van der Waals surface area contributed by atoms with Gasteiger partial charge in [0.2, 0.25) is 5.91 Å². The van der Waals surface area contributed by atoms with Crippen LogP contribution in [0.15, 0.2) is 36.5 Å². The quantitative estimate of drug-likeness (QED) is 0.888. The molecule has 20 heavy (non-hydrogen) atoms. The maximum atomic E-state index is 11.7. The molecule has 6 heteroatoms. The minimum atomic E-state index is -0.0234. The fraction of sp³-hybridized carbons (Fsp3) is 0.286. The van der Waals surface area contributed by atoms with Crippen LogP contribution in [-0.4, -0.2) is 29.3 Å². The number of aromatic nitrogens is 2. The highest BCUT2D eigenvalue weighted by Crippen LogP contribution is 2.18. The highest BCUT2D eigenvalue weighted by atomic mass is 35.5. The Kier molecular flexibility index (Phi) is 6.21. The van der Waals surface area contributed by atoms with Gasteiger partial charge in [-0.3, -0.25) is 4.79 Å². The minimum absolute atomic E-state index is 0. The van der Waals surface area contributed by atoms with E-state index in [0.29, 0.717) is 18.8 Å². The van der Waals surface area contributed by atoms with Gasteiger partial charge in [-0.1, -0.05) is 18.2 Å². The standard InChI is InChI=1S/C14H18N4O.ClH/c1-11-5-3-4-6-12(11)18-13(7-10-16-18)17-14(19)8-9-15-2;/h3-7,10,15H,8-9H2,1-2H3,(H,17,19);1H. The third kappa shape index (κ3) is 3.82. The largest absolute Gasteiger partial charge is 0.319 e. The van der Waals surface area contributed by atoms with E-state index in [9.17, 15) is 4.79 Å². The van der Waals surface area contributed by atoms with Crippen molar-refractivity contribution in [1.82, 2.24) is 15.1 Å². The van der Waals surface area contributed by atoms with Gasteiger partial charge in [0.1, 0.15) is 5.82 Å². The monoisotopic (exact) mass is 294 g/mol. The molecule has 108 valence electrons. The summed E-state index contributed by atoms with van der Waals surface area (Å²) in [6.07, 6.45) is 2.12. The van der Waals surface area contributed by atoms with E-state index in [-0.39, 0.29) is 18.3 Å². The summed E-state index contributed by atoms with van der Waals surface area (Å²) in [5.74, 6) is 0.667. The molecule has 0 aliphatic heterocycles. The zero-order chi connectivity index (χ0) is 13.7. The SMILES string of the molecule is CNCCC(=O)Nc1ccnn1-c1ccccc1C.Cl. The maximum absolute atomic E-state index is 11.7. The van der Waals surface area contributed by atoms with Gasteiger partial charge in [0.25, 0.3) is 0 Å². The average Bonchev–Trinajstić information content (AvgIpc) is 2.85. The number of nitrogens with zero attached hydrogens (tertiary/aromatic N) is 2. The van der Waals surface area contributed by atoms with Crippen molar-refractivity contribution in [3.63, 3.8) is 0 Å². The van der Waals surface area contributed by atoms with Crippen LogP contribution >= 0.6 is 12.4 Å². The molecule has 0 saturated carbocycles. The molecule has 2 N–H and O–H groups in total. The summed E-state index contributed by atoms with van der Waals surface area (Å²) >= 11 is 0. The van der Waals surface area contributed by atoms with Crippen molar-refractivity contribution in [3.8, 4) is 5.69 Å². The molecule has 1 heterocycles. The molecule has 2 rings (SSSR count). The number of carbonyl (C=O) groups excluding carboxylic acids is 1. The number of carbonyl (C=O) groups is 1. The molecule has 2 aromatic rings. The van der Waals surface area contributed by atoms with Crippen molar-refractivity contribution in [1.29, 1.82) is 0 Å². The Balaban J connectivity index is 0.00000200. The van der Waals surface area contributed by atoms with Crippen molar-refractivity contribution in [2.45, 2.75) is 13.3 Å². The third-order valence-corrected chi connectivity index (χ3v) is 2.86. The van der Waals surface area contributed by atoms with Crippen LogP contribution in [0.25, 0.3) is 5.69 Å². The van der Waals surface area contributed by atoms with Crippen molar-refractivity contribution in [3.05, 3.63) is 42.1 Å². The van der Waals surface area contributed by atoms with Crippen molar-refractivity contribution < 1.29 is 4.79 Å². The molecule has 0 atom stereocenters. The number of para-hydroxylation sites is 1. The van der Waals surface area contributed by atoms with Crippen LogP contribution < -0.4 is 10.6 Å². The lowest BCUT2D eigenvalue weighted by Crippen LogP contribution is -2.20. The normalized spacial score (nSPS) is 9.90. The predicted molar refractivity (Wildman–Crippen MR) is 82.7 cm³/mol. The van der Waals surface area contributed by atoms with Gasteiger partial charge in [-0.25, -0.2) is 4.68 Å². The highest BCUT2D eigenvalue weighted by Gasteiger charge is 2.09. The van der Waals surface area contributed by atoms with Crippen LogP contribution in [0.4, 0.5) is 5.82 Å². The second-order valence-corrected chi connectivity index (χ2v) is 4.32. The number of benzene rings is 1. The molecule has 0 radical (unpaired) electrons. The Hall–Kier alpha value is -1.85. The van der Waals surface area contributed by atoms with E-state index in [1.165, 1.54) is 0 Å². The lowest BCUT2D eigenvalue weighted by atomic mass is 10.2. The van der Waals surface area contributed by atoms with E-state index in [0.717, 1.165) is 11.3 Å². The van der Waals surface area contributed by atoms with Crippen LogP contribution in [0.5, 0.6) is 0 Å². The predicted octanol–water partition coefficient (Wildman–Crippen LogP) is 2.15. The van der Waals surface area contributed by atoms with Crippen LogP contribution in [0.3, 0.4) is 0 Å². The summed E-state index contributed by atoms with van der Waals surface area (Å²) in [6, 6.07) is 9.73. The van der Waals surface area contributed by atoms with E-state index < -0.39 is 0 Å². The van der Waals surface area contributed by atoms with Gasteiger partial charge in [0, 0.05) is 19.0 Å². The van der Waals surface area contributed by atoms with Crippen molar-refractivity contribution >= 4 is 24.1 Å². The molecule has 0 spiro atoms. The van der Waals surface area contributed by atoms with E-state index in [1.807, 2.05) is 38.2 Å². The number of nitrogens with one attached hydrogen (secondary N) is 2. The third-order valence-electron chi connectivity index (χ3n) is 2.86. The molecular formula is C14H19ClN4O. The number of amides is 1. The lowest BCUT2D eigenvalue weighted by molar-refractivity contribution is -0.116. The summed E-state index contributed by atoms with van der Waals surface area (Å²) < 4.78 is 1.74. The topological polar surface area (TPSA) is 59.0 Å². The number of anilines is 1. The summed E-state index contributed by atoms with van der Waals surface area (Å²) in [5.41, 5.74) is 2.08. The Bertz CT molecular complexity index is 568. The van der Waals surface area contributed by atoms with Gasteiger partial charge >= 0.3 is 0 Å². The van der Waals surface area contributed by atoms with Crippen molar-refractivity contribution in [2.75, 3.05) is 18.9 Å². The zero-order valence-electron chi connectivity index (χ0n) is 11.6. The average molecular weight is 295 g/mol. The van der Waals surface area contributed by atoms with Crippen LogP contribution in [0, 0.1) is 6.92 Å². The van der Waals surface area contributed by atoms with Crippen LogP contribution in [0.2, 0.25) is 0 Å². The first-order chi connectivity index (χ1) is 9.22. The Morgan fingerprint density at radius 1 is 1.30 bits per heavy atom. The van der Waals surface area contributed by atoms with Gasteiger partial charge in [0.15, 0.2) is 0 Å². The first-order valence-corrected chi connectivity index (χ1v) is 6.27. The van der Waals surface area contributed by atoms with E-state index in [2.05, 4.69) is 15.7 Å². The molecule has 0 unspecified atom stereocenters. The molecule has 0 aliphatic carbocycles.